The van der Waals surface area contributed by atoms with E-state index in [1.54, 1.807) is 7.05 Å². The van der Waals surface area contributed by atoms with E-state index in [2.05, 4.69) is 53.5 Å². The summed E-state index contributed by atoms with van der Waals surface area (Å²) < 4.78 is 0. The van der Waals surface area contributed by atoms with Crippen molar-refractivity contribution in [2.24, 2.45) is 4.99 Å². The number of benzene rings is 1. The summed E-state index contributed by atoms with van der Waals surface area (Å²) in [6, 6.07) is 8.72. The van der Waals surface area contributed by atoms with Gasteiger partial charge in [-0.3, -0.25) is 14.7 Å². The van der Waals surface area contributed by atoms with Crippen molar-refractivity contribution < 1.29 is 4.79 Å². The minimum Gasteiger partial charge on any atom is -0.355 e. The Morgan fingerprint density at radius 1 is 1.07 bits per heavy atom. The zero-order valence-electron chi connectivity index (χ0n) is 18.2. The number of hydrogen-bond donors (Lipinski definition) is 3. The maximum atomic E-state index is 12.1. The first-order valence-electron chi connectivity index (χ1n) is 9.96. The molecule has 0 saturated heterocycles. The molecule has 0 atom stereocenters. The fraction of sp³-hybridized carbons (Fsp3) is 0.619. The number of halogens is 1. The van der Waals surface area contributed by atoms with Gasteiger partial charge in [0.15, 0.2) is 5.96 Å². The fourth-order valence-corrected chi connectivity index (χ4v) is 2.99. The maximum absolute atomic E-state index is 12.1. The summed E-state index contributed by atoms with van der Waals surface area (Å²) in [6.07, 6.45) is 0.931. The quantitative estimate of drug-likeness (QED) is 0.261. The Labute approximate surface area is 188 Å². The molecule has 0 bridgehead atoms. The van der Waals surface area contributed by atoms with Crippen molar-refractivity contribution >= 4 is 35.8 Å². The maximum Gasteiger partial charge on any atom is 0.251 e. The van der Waals surface area contributed by atoms with Crippen molar-refractivity contribution in [2.75, 3.05) is 26.7 Å². The highest BCUT2D eigenvalue weighted by molar-refractivity contribution is 14.0. The van der Waals surface area contributed by atoms with E-state index in [9.17, 15) is 4.79 Å². The molecule has 0 aromatic heterocycles. The third-order valence-electron chi connectivity index (χ3n) is 4.40. The molecule has 28 heavy (non-hydrogen) atoms. The molecule has 6 nitrogen and oxygen atoms in total. The van der Waals surface area contributed by atoms with Crippen LogP contribution < -0.4 is 16.0 Å². The predicted molar refractivity (Wildman–Crippen MR) is 130 cm³/mol. The van der Waals surface area contributed by atoms with Gasteiger partial charge in [0, 0.05) is 50.9 Å². The number of hydrogen-bond acceptors (Lipinski definition) is 3. The second kappa shape index (κ2) is 14.6. The van der Waals surface area contributed by atoms with Gasteiger partial charge in [-0.1, -0.05) is 19.1 Å². The number of amides is 1. The van der Waals surface area contributed by atoms with Crippen molar-refractivity contribution in [3.05, 3.63) is 35.4 Å². The SMILES string of the molecule is CCCNC(=O)c1cccc(CNC(=NC)NCCN(C(C)C)C(C)C)c1.I. The summed E-state index contributed by atoms with van der Waals surface area (Å²) in [7, 11) is 1.77. The Morgan fingerprint density at radius 3 is 2.32 bits per heavy atom. The molecule has 1 amide bonds. The Bertz CT molecular complexity index is 596. The summed E-state index contributed by atoms with van der Waals surface area (Å²) in [5, 5.41) is 9.59. The Kier molecular flexibility index (Phi) is 13.9. The number of nitrogens with zero attached hydrogens (tertiary/aromatic N) is 2. The highest BCUT2D eigenvalue weighted by Crippen LogP contribution is 2.06. The lowest BCUT2D eigenvalue weighted by Gasteiger charge is -2.30. The lowest BCUT2D eigenvalue weighted by molar-refractivity contribution is 0.0953. The van der Waals surface area contributed by atoms with E-state index < -0.39 is 0 Å². The number of rotatable bonds is 10. The Morgan fingerprint density at radius 2 is 1.75 bits per heavy atom. The van der Waals surface area contributed by atoms with Gasteiger partial charge in [-0.05, 0) is 51.8 Å². The van der Waals surface area contributed by atoms with E-state index in [1.807, 2.05) is 31.2 Å². The second-order valence-corrected chi connectivity index (χ2v) is 7.23. The summed E-state index contributed by atoms with van der Waals surface area (Å²) >= 11 is 0. The molecule has 0 aliphatic rings. The van der Waals surface area contributed by atoms with Crippen LogP contribution in [0, 0.1) is 0 Å². The van der Waals surface area contributed by atoms with E-state index >= 15 is 0 Å². The van der Waals surface area contributed by atoms with Gasteiger partial charge < -0.3 is 16.0 Å². The van der Waals surface area contributed by atoms with Crippen LogP contribution in [0.5, 0.6) is 0 Å². The van der Waals surface area contributed by atoms with Crippen LogP contribution in [0.3, 0.4) is 0 Å². The molecule has 0 saturated carbocycles. The lowest BCUT2D eigenvalue weighted by atomic mass is 10.1. The van der Waals surface area contributed by atoms with Crippen molar-refractivity contribution in [3.63, 3.8) is 0 Å². The smallest absolute Gasteiger partial charge is 0.251 e. The molecular formula is C21H38IN5O. The number of carbonyl (C=O) groups excluding carboxylic acids is 1. The van der Waals surface area contributed by atoms with Gasteiger partial charge in [0.1, 0.15) is 0 Å². The minimum atomic E-state index is -0.0244. The van der Waals surface area contributed by atoms with Crippen LogP contribution in [0.25, 0.3) is 0 Å². The van der Waals surface area contributed by atoms with E-state index in [0.29, 0.717) is 30.7 Å². The fourth-order valence-electron chi connectivity index (χ4n) is 2.99. The summed E-state index contributed by atoms with van der Waals surface area (Å²) in [5.41, 5.74) is 1.74. The highest BCUT2D eigenvalue weighted by Gasteiger charge is 2.12. The molecule has 0 aliphatic carbocycles. The third-order valence-corrected chi connectivity index (χ3v) is 4.40. The van der Waals surface area contributed by atoms with Crippen LogP contribution in [0.15, 0.2) is 29.3 Å². The molecule has 1 aromatic carbocycles. The van der Waals surface area contributed by atoms with Gasteiger partial charge >= 0.3 is 0 Å². The van der Waals surface area contributed by atoms with E-state index in [1.165, 1.54) is 0 Å². The zero-order chi connectivity index (χ0) is 20.2. The molecule has 0 spiro atoms. The van der Waals surface area contributed by atoms with Crippen LogP contribution >= 0.6 is 24.0 Å². The Balaban J connectivity index is 0.00000729. The molecule has 3 N–H and O–H groups in total. The number of aliphatic imine (C=N–C) groups is 1. The van der Waals surface area contributed by atoms with E-state index in [0.717, 1.165) is 31.0 Å². The van der Waals surface area contributed by atoms with Gasteiger partial charge in [0.25, 0.3) is 5.91 Å². The lowest BCUT2D eigenvalue weighted by Crippen LogP contribution is -2.45. The number of guanidine groups is 1. The molecular weight excluding hydrogens is 465 g/mol. The van der Waals surface area contributed by atoms with E-state index in [-0.39, 0.29) is 29.9 Å². The van der Waals surface area contributed by atoms with Crippen LogP contribution in [0.1, 0.15) is 57.0 Å². The molecule has 0 fully saturated rings. The first-order valence-corrected chi connectivity index (χ1v) is 9.96. The first-order chi connectivity index (χ1) is 12.9. The normalized spacial score (nSPS) is 11.5. The van der Waals surface area contributed by atoms with Gasteiger partial charge in [0.2, 0.25) is 0 Å². The molecule has 1 aromatic rings. The number of nitrogens with one attached hydrogen (secondary N) is 3. The summed E-state index contributed by atoms with van der Waals surface area (Å²) in [6.45, 7) is 14.0. The van der Waals surface area contributed by atoms with Crippen LogP contribution in [0.4, 0.5) is 0 Å². The molecule has 1 rings (SSSR count). The van der Waals surface area contributed by atoms with Gasteiger partial charge in [-0.25, -0.2) is 0 Å². The van der Waals surface area contributed by atoms with Crippen LogP contribution in [0.2, 0.25) is 0 Å². The van der Waals surface area contributed by atoms with Gasteiger partial charge in [0.05, 0.1) is 0 Å². The highest BCUT2D eigenvalue weighted by atomic mass is 127. The summed E-state index contributed by atoms with van der Waals surface area (Å²) in [5.74, 6) is 0.743. The van der Waals surface area contributed by atoms with Gasteiger partial charge in [-0.2, -0.15) is 0 Å². The second-order valence-electron chi connectivity index (χ2n) is 7.23. The molecule has 0 unspecified atom stereocenters. The molecule has 0 aliphatic heterocycles. The van der Waals surface area contributed by atoms with E-state index in [4.69, 9.17) is 0 Å². The Hall–Kier alpha value is -1.35. The molecule has 160 valence electrons. The topological polar surface area (TPSA) is 68.8 Å². The first kappa shape index (κ1) is 26.6. The standard InChI is InChI=1S/C21H37N5O.HI/c1-7-11-23-20(27)19-10-8-9-18(14-19)15-25-21(22-6)24-12-13-26(16(2)3)17(4)5;/h8-10,14,16-17H,7,11-13,15H2,1-6H3,(H,23,27)(H2,22,24,25);1H. The van der Waals surface area contributed by atoms with Crippen molar-refractivity contribution in [3.8, 4) is 0 Å². The molecule has 0 heterocycles. The van der Waals surface area contributed by atoms with Crippen LogP contribution in [-0.2, 0) is 6.54 Å². The average molecular weight is 503 g/mol. The number of carbonyl (C=O) groups is 1. The monoisotopic (exact) mass is 503 g/mol. The third kappa shape index (κ3) is 9.73. The predicted octanol–water partition coefficient (Wildman–Crippen LogP) is 3.23. The van der Waals surface area contributed by atoms with Crippen LogP contribution in [-0.4, -0.2) is 55.5 Å². The van der Waals surface area contributed by atoms with Crippen molar-refractivity contribution in [2.45, 2.75) is 59.7 Å². The minimum absolute atomic E-state index is 0. The average Bonchev–Trinajstić information content (AvgIpc) is 2.65. The molecule has 7 heteroatoms. The zero-order valence-corrected chi connectivity index (χ0v) is 20.5. The van der Waals surface area contributed by atoms with Crippen molar-refractivity contribution in [1.29, 1.82) is 0 Å². The van der Waals surface area contributed by atoms with Crippen molar-refractivity contribution in [1.82, 2.24) is 20.9 Å². The molecule has 0 radical (unpaired) electrons. The summed E-state index contributed by atoms with van der Waals surface area (Å²) in [4.78, 5) is 18.8. The van der Waals surface area contributed by atoms with Gasteiger partial charge in [-0.15, -0.1) is 24.0 Å². The largest absolute Gasteiger partial charge is 0.355 e.